The highest BCUT2D eigenvalue weighted by molar-refractivity contribution is 7.99. The minimum atomic E-state index is -1.46. The van der Waals surface area contributed by atoms with E-state index in [0.29, 0.717) is 4.90 Å². The Morgan fingerprint density at radius 3 is 2.53 bits per heavy atom. The van der Waals surface area contributed by atoms with Gasteiger partial charge in [-0.05, 0) is 18.2 Å². The summed E-state index contributed by atoms with van der Waals surface area (Å²) < 4.78 is 33.2. The summed E-state index contributed by atoms with van der Waals surface area (Å²) in [5.74, 6) is 3.24. The molecule has 1 saturated heterocycles. The van der Waals surface area contributed by atoms with Crippen molar-refractivity contribution in [1.29, 1.82) is 5.26 Å². The molecule has 1 fully saturated rings. The number of hydrogen-bond donors (Lipinski definition) is 4. The molecule has 9 nitrogen and oxygen atoms in total. The van der Waals surface area contributed by atoms with Crippen molar-refractivity contribution in [2.24, 2.45) is 15.9 Å². The van der Waals surface area contributed by atoms with Crippen LogP contribution < -0.4 is 5.84 Å². The molecule has 2 aromatic rings. The monoisotopic (exact) mass is 531 g/mol. The van der Waals surface area contributed by atoms with Crippen molar-refractivity contribution in [2.45, 2.75) is 34.7 Å². The lowest BCUT2D eigenvalue weighted by molar-refractivity contribution is -0.159. The van der Waals surface area contributed by atoms with Crippen molar-refractivity contribution in [3.05, 3.63) is 57.3 Å². The van der Waals surface area contributed by atoms with Gasteiger partial charge in [-0.25, -0.2) is 13.8 Å². The number of rotatable bonds is 6. The highest BCUT2D eigenvalue weighted by atomic mass is 35.5. The minimum Gasteiger partial charge on any atom is -0.394 e. The molecule has 2 heterocycles. The molecule has 0 saturated carbocycles. The van der Waals surface area contributed by atoms with Gasteiger partial charge < -0.3 is 25.9 Å². The molecule has 1 aliphatic rings. The Morgan fingerprint density at radius 2 is 1.94 bits per heavy atom. The fraction of sp³-hybridized carbons (Fsp3) is 0.300. The average molecular weight is 532 g/mol. The van der Waals surface area contributed by atoms with Crippen LogP contribution >= 0.6 is 35.0 Å². The van der Waals surface area contributed by atoms with Gasteiger partial charge in [0.2, 0.25) is 0 Å². The lowest BCUT2D eigenvalue weighted by atomic mass is 9.98. The quantitative estimate of drug-likeness (QED) is 0.190. The van der Waals surface area contributed by atoms with Crippen molar-refractivity contribution < 1.29 is 28.8 Å². The number of thioether (sulfide) groups is 1. The molecule has 3 unspecified atom stereocenters. The molecule has 180 valence electrons. The number of aromatic nitrogens is 1. The van der Waals surface area contributed by atoms with Gasteiger partial charge in [0.15, 0.2) is 5.69 Å². The van der Waals surface area contributed by atoms with E-state index in [1.54, 1.807) is 0 Å². The van der Waals surface area contributed by atoms with Crippen LogP contribution in [0.1, 0.15) is 11.3 Å². The van der Waals surface area contributed by atoms with Crippen LogP contribution in [0.2, 0.25) is 10.0 Å². The van der Waals surface area contributed by atoms with Crippen LogP contribution in [-0.4, -0.2) is 68.6 Å². The number of ether oxygens (including phenoxy) is 1. The van der Waals surface area contributed by atoms with Crippen molar-refractivity contribution in [2.75, 3.05) is 6.61 Å². The Labute approximate surface area is 206 Å². The number of aliphatic hydroxyl groups excluding tert-OH is 3. The van der Waals surface area contributed by atoms with Crippen LogP contribution in [0.5, 0.6) is 0 Å². The number of halogens is 4. The van der Waals surface area contributed by atoms with Gasteiger partial charge in [0.05, 0.1) is 11.6 Å². The zero-order valence-corrected chi connectivity index (χ0v) is 19.3. The van der Waals surface area contributed by atoms with Crippen LogP contribution in [0.15, 0.2) is 39.4 Å². The maximum absolute atomic E-state index is 13.8. The van der Waals surface area contributed by atoms with E-state index in [-0.39, 0.29) is 22.0 Å². The van der Waals surface area contributed by atoms with Crippen LogP contribution in [0.3, 0.4) is 0 Å². The van der Waals surface area contributed by atoms with Crippen molar-refractivity contribution in [1.82, 2.24) is 4.98 Å². The second-order valence-electron chi connectivity index (χ2n) is 6.97. The largest absolute Gasteiger partial charge is 0.394 e. The number of nitrogens with two attached hydrogens (primary N) is 1. The number of hydrazone groups is 1. The van der Waals surface area contributed by atoms with Crippen molar-refractivity contribution >= 4 is 46.9 Å². The van der Waals surface area contributed by atoms with E-state index < -0.39 is 53.1 Å². The molecule has 5 atom stereocenters. The van der Waals surface area contributed by atoms with Crippen LogP contribution in [0.25, 0.3) is 0 Å². The second-order valence-corrected chi connectivity index (χ2v) is 8.93. The summed E-state index contributed by atoms with van der Waals surface area (Å²) in [6.45, 7) is -0.610. The number of hydrogen-bond acceptors (Lipinski definition) is 10. The summed E-state index contributed by atoms with van der Waals surface area (Å²) in [4.78, 5) is 8.30. The average Bonchev–Trinajstić information content (AvgIpc) is 2.81. The normalized spacial score (nSPS) is 25.5. The molecule has 0 aliphatic carbocycles. The van der Waals surface area contributed by atoms with E-state index in [2.05, 4.69) is 15.1 Å². The molecule has 34 heavy (non-hydrogen) atoms. The van der Waals surface area contributed by atoms with Gasteiger partial charge in [0.25, 0.3) is 0 Å². The highest BCUT2D eigenvalue weighted by Crippen LogP contribution is 2.36. The van der Waals surface area contributed by atoms with E-state index in [0.717, 1.165) is 30.1 Å². The number of nitriles is 1. The lowest BCUT2D eigenvalue weighted by Crippen LogP contribution is -2.56. The first kappa shape index (κ1) is 26.2. The third-order valence-corrected chi connectivity index (χ3v) is 6.56. The van der Waals surface area contributed by atoms with Gasteiger partial charge in [-0.3, -0.25) is 4.99 Å². The fourth-order valence-corrected chi connectivity index (χ4v) is 4.59. The molecule has 0 radical (unpaired) electrons. The van der Waals surface area contributed by atoms with E-state index in [1.165, 1.54) is 12.3 Å². The van der Waals surface area contributed by atoms with Gasteiger partial charge in [0, 0.05) is 22.9 Å². The zero-order valence-electron chi connectivity index (χ0n) is 17.0. The van der Waals surface area contributed by atoms with Crippen molar-refractivity contribution in [3.8, 4) is 6.07 Å². The standard InChI is InChI=1S/C20H17Cl2F2N5O4S/c21-9-3-15(12(4-25)27-5-9)34-20-19(32)17(18(31)14(7-30)33-20)28-6-13(29-26)8-1-10(23)16(22)11(24)2-8/h1-3,5-6,14,17-20,30-32H,7,26H2/t14?,17?,18-,19?,20+/m0/s1. The summed E-state index contributed by atoms with van der Waals surface area (Å²) in [6.07, 6.45) is -1.76. The first-order chi connectivity index (χ1) is 16.2. The van der Waals surface area contributed by atoms with Gasteiger partial charge in [0.1, 0.15) is 58.2 Å². The molecule has 1 aliphatic heterocycles. The highest BCUT2D eigenvalue weighted by Gasteiger charge is 2.44. The molecular formula is C20H17Cl2F2N5O4S. The molecule has 3 rings (SSSR count). The molecule has 1 aromatic heterocycles. The number of benzene rings is 1. The topological polar surface area (TPSA) is 157 Å². The maximum Gasteiger partial charge on any atom is 0.154 e. The maximum atomic E-state index is 13.8. The third-order valence-electron chi connectivity index (χ3n) is 4.80. The summed E-state index contributed by atoms with van der Waals surface area (Å²) in [5, 5.41) is 43.3. The number of nitrogens with zero attached hydrogens (tertiary/aromatic N) is 4. The van der Waals surface area contributed by atoms with E-state index in [1.807, 2.05) is 6.07 Å². The first-order valence-corrected chi connectivity index (χ1v) is 11.1. The second kappa shape index (κ2) is 11.4. The Hall–Kier alpha value is -2.37. The van der Waals surface area contributed by atoms with Gasteiger partial charge in [-0.1, -0.05) is 35.0 Å². The van der Waals surface area contributed by atoms with Gasteiger partial charge in [-0.2, -0.15) is 10.4 Å². The molecular weight excluding hydrogens is 515 g/mol. The van der Waals surface area contributed by atoms with Crippen molar-refractivity contribution in [3.63, 3.8) is 0 Å². The molecule has 0 amide bonds. The molecule has 1 aromatic carbocycles. The molecule has 14 heteroatoms. The zero-order chi connectivity index (χ0) is 25.0. The lowest BCUT2D eigenvalue weighted by Gasteiger charge is -2.40. The Balaban J connectivity index is 1.90. The summed E-state index contributed by atoms with van der Waals surface area (Å²) >= 11 is 12.3. The van der Waals surface area contributed by atoms with E-state index in [4.69, 9.17) is 33.8 Å². The third kappa shape index (κ3) is 5.64. The van der Waals surface area contributed by atoms with Gasteiger partial charge >= 0.3 is 0 Å². The summed E-state index contributed by atoms with van der Waals surface area (Å²) in [6, 6.07) is 3.87. The number of aliphatic hydroxyl groups is 3. The van der Waals surface area contributed by atoms with Gasteiger partial charge in [-0.15, -0.1) is 0 Å². The summed E-state index contributed by atoms with van der Waals surface area (Å²) in [7, 11) is 0. The van der Waals surface area contributed by atoms with E-state index in [9.17, 15) is 29.4 Å². The van der Waals surface area contributed by atoms with Crippen LogP contribution in [0, 0.1) is 23.0 Å². The molecule has 0 bridgehead atoms. The first-order valence-electron chi connectivity index (χ1n) is 9.50. The fourth-order valence-electron chi connectivity index (χ4n) is 3.10. The smallest absolute Gasteiger partial charge is 0.154 e. The molecule has 5 N–H and O–H groups in total. The Morgan fingerprint density at radius 1 is 1.26 bits per heavy atom. The van der Waals surface area contributed by atoms with Crippen LogP contribution in [-0.2, 0) is 4.74 Å². The SMILES string of the molecule is N#Cc1ncc(Cl)cc1S[C@H]1OC(CO)[C@H](O)C(N=CC(=NN)c2cc(F)c(Cl)c(F)c2)C1O. The Bertz CT molecular complexity index is 1140. The number of aliphatic imine (C=N–C) groups is 1. The minimum absolute atomic E-state index is 0.0289. The van der Waals surface area contributed by atoms with Crippen LogP contribution in [0.4, 0.5) is 8.78 Å². The van der Waals surface area contributed by atoms with E-state index >= 15 is 0 Å². The summed E-state index contributed by atoms with van der Waals surface area (Å²) in [5.41, 5.74) is -1.33. The Kier molecular flexibility index (Phi) is 8.78. The molecule has 0 spiro atoms. The number of pyridine rings is 1. The predicted octanol–water partition coefficient (Wildman–Crippen LogP) is 1.87. The predicted molar refractivity (Wildman–Crippen MR) is 122 cm³/mol.